The molecule has 0 heterocycles. The Morgan fingerprint density at radius 3 is 2.48 bits per heavy atom. The molecule has 0 spiro atoms. The van der Waals surface area contributed by atoms with Crippen LogP contribution in [0.3, 0.4) is 0 Å². The standard InChI is InChI=1S/C17H17ClN2O4S/c1-3-10-24-14-7-5-13(6-8-14)19-17(21)12-4-9-16(15(18)11-12)20-25(2,22)23/h3-9,11,20H,1,10H2,2H3,(H,19,21). The van der Waals surface area contributed by atoms with Crippen LogP contribution in [-0.4, -0.2) is 27.2 Å². The van der Waals surface area contributed by atoms with Crippen LogP contribution in [0.2, 0.25) is 5.02 Å². The first-order valence-electron chi connectivity index (χ1n) is 7.21. The highest BCUT2D eigenvalue weighted by Crippen LogP contribution is 2.24. The first-order valence-corrected chi connectivity index (χ1v) is 9.48. The average Bonchev–Trinajstić information content (AvgIpc) is 2.55. The summed E-state index contributed by atoms with van der Waals surface area (Å²) < 4.78 is 30.1. The van der Waals surface area contributed by atoms with E-state index < -0.39 is 10.0 Å². The van der Waals surface area contributed by atoms with E-state index in [1.54, 1.807) is 30.3 Å². The summed E-state index contributed by atoms with van der Waals surface area (Å²) in [7, 11) is -3.45. The van der Waals surface area contributed by atoms with Crippen molar-refractivity contribution < 1.29 is 17.9 Å². The van der Waals surface area contributed by atoms with E-state index >= 15 is 0 Å². The maximum Gasteiger partial charge on any atom is 0.255 e. The number of nitrogens with one attached hydrogen (secondary N) is 2. The number of hydrogen-bond donors (Lipinski definition) is 2. The van der Waals surface area contributed by atoms with Crippen LogP contribution < -0.4 is 14.8 Å². The van der Waals surface area contributed by atoms with E-state index in [-0.39, 0.29) is 16.6 Å². The van der Waals surface area contributed by atoms with Crippen molar-refractivity contribution in [3.63, 3.8) is 0 Å². The lowest BCUT2D eigenvalue weighted by molar-refractivity contribution is 0.102. The van der Waals surface area contributed by atoms with Crippen molar-refractivity contribution >= 4 is 38.9 Å². The van der Waals surface area contributed by atoms with Crippen LogP contribution in [0.4, 0.5) is 11.4 Å². The van der Waals surface area contributed by atoms with Gasteiger partial charge in [0.25, 0.3) is 5.91 Å². The number of hydrogen-bond acceptors (Lipinski definition) is 4. The molecule has 0 bridgehead atoms. The van der Waals surface area contributed by atoms with Gasteiger partial charge in [0.1, 0.15) is 12.4 Å². The van der Waals surface area contributed by atoms with Crippen molar-refractivity contribution in [3.05, 3.63) is 65.7 Å². The highest BCUT2D eigenvalue weighted by atomic mass is 35.5. The zero-order valence-electron chi connectivity index (χ0n) is 13.5. The van der Waals surface area contributed by atoms with Crippen molar-refractivity contribution in [3.8, 4) is 5.75 Å². The summed E-state index contributed by atoms with van der Waals surface area (Å²) in [5, 5.41) is 2.86. The number of ether oxygens (including phenoxy) is 1. The number of benzene rings is 2. The molecule has 0 atom stereocenters. The van der Waals surface area contributed by atoms with Crippen LogP contribution in [0.5, 0.6) is 5.75 Å². The van der Waals surface area contributed by atoms with Gasteiger partial charge in [0.15, 0.2) is 0 Å². The number of amides is 1. The van der Waals surface area contributed by atoms with E-state index in [1.807, 2.05) is 0 Å². The Kier molecular flexibility index (Phi) is 6.06. The van der Waals surface area contributed by atoms with E-state index in [9.17, 15) is 13.2 Å². The quantitative estimate of drug-likeness (QED) is 0.719. The Hall–Kier alpha value is -2.51. The molecule has 1 amide bonds. The number of rotatable bonds is 7. The Labute approximate surface area is 151 Å². The SMILES string of the molecule is C=CCOc1ccc(NC(=O)c2ccc(NS(C)(=O)=O)c(Cl)c2)cc1. The lowest BCUT2D eigenvalue weighted by atomic mass is 10.2. The third-order valence-electron chi connectivity index (χ3n) is 3.01. The minimum absolute atomic E-state index is 0.131. The second kappa shape index (κ2) is 8.04. The molecule has 2 rings (SSSR count). The maximum atomic E-state index is 12.3. The van der Waals surface area contributed by atoms with Gasteiger partial charge < -0.3 is 10.1 Å². The number of carbonyl (C=O) groups excluding carboxylic acids is 1. The lowest BCUT2D eigenvalue weighted by Gasteiger charge is -2.10. The van der Waals surface area contributed by atoms with Crippen LogP contribution in [0.1, 0.15) is 10.4 Å². The van der Waals surface area contributed by atoms with Crippen LogP contribution in [0, 0.1) is 0 Å². The maximum absolute atomic E-state index is 12.3. The zero-order chi connectivity index (χ0) is 18.4. The predicted octanol–water partition coefficient (Wildman–Crippen LogP) is 3.53. The largest absolute Gasteiger partial charge is 0.490 e. The molecule has 25 heavy (non-hydrogen) atoms. The lowest BCUT2D eigenvalue weighted by Crippen LogP contribution is -2.13. The zero-order valence-corrected chi connectivity index (χ0v) is 15.0. The number of sulfonamides is 1. The molecule has 2 aromatic carbocycles. The molecule has 0 radical (unpaired) electrons. The van der Waals surface area contributed by atoms with Gasteiger partial charge >= 0.3 is 0 Å². The van der Waals surface area contributed by atoms with Gasteiger partial charge in [-0.1, -0.05) is 24.3 Å². The first-order chi connectivity index (χ1) is 11.8. The predicted molar refractivity (Wildman–Crippen MR) is 100 cm³/mol. The van der Waals surface area contributed by atoms with Gasteiger partial charge in [-0.25, -0.2) is 8.42 Å². The minimum Gasteiger partial charge on any atom is -0.490 e. The van der Waals surface area contributed by atoms with Crippen LogP contribution in [-0.2, 0) is 10.0 Å². The number of carbonyl (C=O) groups is 1. The third-order valence-corrected chi connectivity index (χ3v) is 3.91. The summed E-state index contributed by atoms with van der Waals surface area (Å²) in [5.74, 6) is 0.296. The Balaban J connectivity index is 2.07. The van der Waals surface area contributed by atoms with Crippen molar-refractivity contribution in [1.29, 1.82) is 0 Å². The highest BCUT2D eigenvalue weighted by Gasteiger charge is 2.11. The Bertz CT molecular complexity index is 880. The fourth-order valence-corrected chi connectivity index (χ4v) is 2.79. The average molecular weight is 381 g/mol. The second-order valence-corrected chi connectivity index (χ2v) is 7.30. The molecular formula is C17H17ClN2O4S. The summed E-state index contributed by atoms with van der Waals surface area (Å²) in [6, 6.07) is 11.2. The molecule has 132 valence electrons. The van der Waals surface area contributed by atoms with Crippen molar-refractivity contribution in [1.82, 2.24) is 0 Å². The fourth-order valence-electron chi connectivity index (χ4n) is 1.93. The first kappa shape index (κ1) is 18.8. The van der Waals surface area contributed by atoms with E-state index in [4.69, 9.17) is 16.3 Å². The van der Waals surface area contributed by atoms with E-state index in [1.165, 1.54) is 18.2 Å². The molecule has 6 nitrogen and oxygen atoms in total. The van der Waals surface area contributed by atoms with Gasteiger partial charge in [0, 0.05) is 11.3 Å². The molecule has 0 saturated carbocycles. The molecule has 0 aromatic heterocycles. The van der Waals surface area contributed by atoms with E-state index in [2.05, 4.69) is 16.6 Å². The van der Waals surface area contributed by atoms with Gasteiger partial charge in [-0.15, -0.1) is 0 Å². The molecule has 8 heteroatoms. The minimum atomic E-state index is -3.45. The van der Waals surface area contributed by atoms with Crippen LogP contribution in [0.25, 0.3) is 0 Å². The molecule has 0 aliphatic rings. The van der Waals surface area contributed by atoms with E-state index in [0.717, 1.165) is 6.26 Å². The van der Waals surface area contributed by atoms with Gasteiger partial charge in [0.2, 0.25) is 10.0 Å². The summed E-state index contributed by atoms with van der Waals surface area (Å²) in [6.07, 6.45) is 2.66. The molecule has 2 N–H and O–H groups in total. The van der Waals surface area contributed by atoms with Gasteiger partial charge in [0.05, 0.1) is 17.0 Å². The molecule has 0 unspecified atom stereocenters. The molecule has 0 fully saturated rings. The normalized spacial score (nSPS) is 10.8. The molecule has 0 aliphatic heterocycles. The topological polar surface area (TPSA) is 84.5 Å². The summed E-state index contributed by atoms with van der Waals surface area (Å²) in [5.41, 5.74) is 1.10. The number of anilines is 2. The summed E-state index contributed by atoms with van der Waals surface area (Å²) in [4.78, 5) is 12.3. The Morgan fingerprint density at radius 1 is 1.24 bits per heavy atom. The molecule has 0 saturated heterocycles. The van der Waals surface area contributed by atoms with Crippen LogP contribution >= 0.6 is 11.6 Å². The highest BCUT2D eigenvalue weighted by molar-refractivity contribution is 7.92. The fraction of sp³-hybridized carbons (Fsp3) is 0.118. The van der Waals surface area contributed by atoms with Gasteiger partial charge in [-0.2, -0.15) is 0 Å². The molecule has 0 aliphatic carbocycles. The van der Waals surface area contributed by atoms with Gasteiger partial charge in [-0.05, 0) is 42.5 Å². The molecular weight excluding hydrogens is 364 g/mol. The smallest absolute Gasteiger partial charge is 0.255 e. The number of halogens is 1. The van der Waals surface area contributed by atoms with E-state index in [0.29, 0.717) is 23.6 Å². The summed E-state index contributed by atoms with van der Waals surface area (Å²) >= 11 is 6.02. The Morgan fingerprint density at radius 2 is 1.92 bits per heavy atom. The van der Waals surface area contributed by atoms with Crippen LogP contribution in [0.15, 0.2) is 55.1 Å². The third kappa shape index (κ3) is 5.81. The monoisotopic (exact) mass is 380 g/mol. The molecule has 2 aromatic rings. The van der Waals surface area contributed by atoms with Gasteiger partial charge in [-0.3, -0.25) is 9.52 Å². The van der Waals surface area contributed by atoms with Crippen molar-refractivity contribution in [2.45, 2.75) is 0 Å². The van der Waals surface area contributed by atoms with Crippen molar-refractivity contribution in [2.24, 2.45) is 0 Å². The second-order valence-electron chi connectivity index (χ2n) is 5.15. The summed E-state index contributed by atoms with van der Waals surface area (Å²) in [6.45, 7) is 3.97. The van der Waals surface area contributed by atoms with Crippen molar-refractivity contribution in [2.75, 3.05) is 22.9 Å².